The molecule has 0 spiro atoms. The summed E-state index contributed by atoms with van der Waals surface area (Å²) < 4.78 is 9.19. The van der Waals surface area contributed by atoms with Crippen molar-refractivity contribution in [3.8, 4) is 5.69 Å². The Morgan fingerprint density at radius 3 is 2.70 bits per heavy atom. The topological polar surface area (TPSA) is 91.0 Å². The van der Waals surface area contributed by atoms with Crippen LogP contribution >= 0.6 is 22.6 Å². The summed E-state index contributed by atoms with van der Waals surface area (Å²) in [5.74, 6) is -0.121. The van der Waals surface area contributed by atoms with Crippen LogP contribution in [0, 0.1) is 3.57 Å². The third kappa shape index (κ3) is 5.91. The summed E-state index contributed by atoms with van der Waals surface area (Å²) in [4.78, 5) is 24.4. The van der Waals surface area contributed by atoms with Gasteiger partial charge in [0.15, 0.2) is 0 Å². The van der Waals surface area contributed by atoms with Crippen molar-refractivity contribution in [1.82, 2.24) is 24.9 Å². The van der Waals surface area contributed by atoms with Crippen LogP contribution in [0.4, 0.5) is 4.79 Å². The Bertz CT molecular complexity index is 1020. The first-order valence-electron chi connectivity index (χ1n) is 9.57. The molecule has 158 valence electrons. The number of aryl methyl sites for hydroxylation is 1. The summed E-state index contributed by atoms with van der Waals surface area (Å²) >= 11 is 2.20. The largest absolute Gasteiger partial charge is 0.442 e. The first kappa shape index (κ1) is 22.0. The van der Waals surface area contributed by atoms with Crippen LogP contribution in [0.25, 0.3) is 5.69 Å². The van der Waals surface area contributed by atoms with E-state index < -0.39 is 11.7 Å². The van der Waals surface area contributed by atoms with E-state index in [9.17, 15) is 9.59 Å². The van der Waals surface area contributed by atoms with Crippen LogP contribution in [0.5, 0.6) is 0 Å². The molecule has 0 atom stereocenters. The molecule has 0 radical (unpaired) electrons. The van der Waals surface area contributed by atoms with Gasteiger partial charge in [0, 0.05) is 34.3 Å². The minimum absolute atomic E-state index is 0.121. The second-order valence-electron chi connectivity index (χ2n) is 7.75. The van der Waals surface area contributed by atoms with Gasteiger partial charge in [0.1, 0.15) is 5.60 Å². The third-order valence-electron chi connectivity index (χ3n) is 4.11. The Hall–Kier alpha value is -2.69. The van der Waals surface area contributed by atoms with Gasteiger partial charge in [-0.05, 0) is 86.0 Å². The normalized spacial score (nSPS) is 11.3. The van der Waals surface area contributed by atoms with Crippen LogP contribution < -0.4 is 5.32 Å². The number of ether oxygens (including phenoxy) is 1. The molecule has 3 aromatic rings. The fraction of sp³-hybridized carbons (Fsp3) is 0.333. The monoisotopic (exact) mass is 521 g/mol. The lowest BCUT2D eigenvalue weighted by Gasteiger charge is -2.18. The summed E-state index contributed by atoms with van der Waals surface area (Å²) in [7, 11) is 0. The summed E-state index contributed by atoms with van der Waals surface area (Å²) in [6.07, 6.45) is 7.80. The lowest BCUT2D eigenvalue weighted by Crippen LogP contribution is -2.27. The quantitative estimate of drug-likeness (QED) is 0.394. The number of rotatable bonds is 6. The molecule has 1 amide bonds. The predicted molar refractivity (Wildman–Crippen MR) is 121 cm³/mol. The van der Waals surface area contributed by atoms with Crippen LogP contribution in [-0.4, -0.2) is 43.7 Å². The molecule has 0 aliphatic carbocycles. The van der Waals surface area contributed by atoms with Crippen LogP contribution in [0.2, 0.25) is 0 Å². The highest BCUT2D eigenvalue weighted by molar-refractivity contribution is 14.1. The maximum absolute atomic E-state index is 12.4. The first-order chi connectivity index (χ1) is 14.2. The zero-order valence-electron chi connectivity index (χ0n) is 17.1. The summed E-state index contributed by atoms with van der Waals surface area (Å²) in [6.45, 7) is 5.95. The van der Waals surface area contributed by atoms with E-state index in [2.05, 4.69) is 38.1 Å². The van der Waals surface area contributed by atoms with Gasteiger partial charge in [-0.1, -0.05) is 0 Å². The van der Waals surface area contributed by atoms with Gasteiger partial charge in [-0.2, -0.15) is 14.9 Å². The van der Waals surface area contributed by atoms with E-state index in [1.54, 1.807) is 29.3 Å². The maximum Gasteiger partial charge on any atom is 0.435 e. The number of benzene rings is 1. The van der Waals surface area contributed by atoms with E-state index in [4.69, 9.17) is 4.74 Å². The lowest BCUT2D eigenvalue weighted by molar-refractivity contribution is 0.0514. The minimum atomic E-state index is -0.568. The number of nitrogens with zero attached hydrogens (tertiary/aromatic N) is 4. The van der Waals surface area contributed by atoms with Crippen LogP contribution in [-0.2, 0) is 11.2 Å². The zero-order chi connectivity index (χ0) is 21.7. The molecule has 0 unspecified atom stereocenters. The van der Waals surface area contributed by atoms with Gasteiger partial charge in [0.05, 0.1) is 11.9 Å². The minimum Gasteiger partial charge on any atom is -0.442 e. The summed E-state index contributed by atoms with van der Waals surface area (Å²) in [6, 6.07) is 7.37. The third-order valence-corrected chi connectivity index (χ3v) is 4.97. The predicted octanol–water partition coefficient (Wildman–Crippen LogP) is 3.82. The van der Waals surface area contributed by atoms with Crippen molar-refractivity contribution in [2.24, 2.45) is 0 Å². The smallest absolute Gasteiger partial charge is 0.435 e. The molecule has 0 saturated heterocycles. The van der Waals surface area contributed by atoms with Crippen LogP contribution in [0.3, 0.4) is 0 Å². The fourth-order valence-electron chi connectivity index (χ4n) is 2.74. The number of hydrogen-bond donors (Lipinski definition) is 1. The van der Waals surface area contributed by atoms with Gasteiger partial charge in [0.25, 0.3) is 5.91 Å². The number of carbonyl (C=O) groups is 2. The molecular formula is C21H24IN5O3. The number of carbonyl (C=O) groups excluding carboxylic acids is 2. The van der Waals surface area contributed by atoms with Crippen molar-refractivity contribution < 1.29 is 14.3 Å². The Morgan fingerprint density at radius 1 is 1.23 bits per heavy atom. The highest BCUT2D eigenvalue weighted by Crippen LogP contribution is 2.18. The van der Waals surface area contributed by atoms with Crippen LogP contribution in [0.15, 0.2) is 49.1 Å². The van der Waals surface area contributed by atoms with Crippen molar-refractivity contribution in [3.63, 3.8) is 0 Å². The Kier molecular flexibility index (Phi) is 6.91. The number of amides is 1. The zero-order valence-corrected chi connectivity index (χ0v) is 19.3. The van der Waals surface area contributed by atoms with E-state index >= 15 is 0 Å². The highest BCUT2D eigenvalue weighted by Gasteiger charge is 2.18. The first-order valence-corrected chi connectivity index (χ1v) is 10.7. The number of hydrogen-bond acceptors (Lipinski definition) is 5. The second kappa shape index (κ2) is 9.41. The highest BCUT2D eigenvalue weighted by atomic mass is 127. The average Bonchev–Trinajstić information content (AvgIpc) is 3.35. The Balaban J connectivity index is 1.47. The molecule has 0 aliphatic rings. The average molecular weight is 521 g/mol. The second-order valence-corrected chi connectivity index (χ2v) is 8.91. The maximum atomic E-state index is 12.4. The Morgan fingerprint density at radius 2 is 2.03 bits per heavy atom. The molecule has 3 rings (SSSR count). The number of halogens is 1. The molecule has 0 fully saturated rings. The van der Waals surface area contributed by atoms with Crippen molar-refractivity contribution in [1.29, 1.82) is 0 Å². The summed E-state index contributed by atoms with van der Waals surface area (Å²) in [5.41, 5.74) is 1.88. The van der Waals surface area contributed by atoms with Gasteiger partial charge >= 0.3 is 6.09 Å². The molecule has 0 saturated carbocycles. The van der Waals surface area contributed by atoms with Gasteiger partial charge in [-0.25, -0.2) is 9.48 Å². The fourth-order valence-corrected chi connectivity index (χ4v) is 3.50. The van der Waals surface area contributed by atoms with Gasteiger partial charge in [-0.15, -0.1) is 0 Å². The van der Waals surface area contributed by atoms with Crippen molar-refractivity contribution in [2.75, 3.05) is 6.54 Å². The van der Waals surface area contributed by atoms with Crippen molar-refractivity contribution >= 4 is 34.6 Å². The molecular weight excluding hydrogens is 497 g/mol. The Labute approximate surface area is 188 Å². The molecule has 9 heteroatoms. The SMILES string of the molecule is CC(C)(C)OC(=O)n1cc(CCCNC(=O)c2ccc(-n3cccn3)c(I)c2)cn1. The van der Waals surface area contributed by atoms with E-state index in [0.29, 0.717) is 18.5 Å². The molecule has 0 aliphatic heterocycles. The van der Waals surface area contributed by atoms with Crippen LogP contribution in [0.1, 0.15) is 43.1 Å². The van der Waals surface area contributed by atoms with Gasteiger partial charge in [0.2, 0.25) is 0 Å². The summed E-state index contributed by atoms with van der Waals surface area (Å²) in [5, 5.41) is 11.2. The van der Waals surface area contributed by atoms with E-state index in [0.717, 1.165) is 21.2 Å². The molecule has 30 heavy (non-hydrogen) atoms. The van der Waals surface area contributed by atoms with E-state index in [1.165, 1.54) is 4.68 Å². The molecule has 1 aromatic carbocycles. The van der Waals surface area contributed by atoms with Crippen molar-refractivity contribution in [3.05, 3.63) is 63.7 Å². The molecule has 1 N–H and O–H groups in total. The van der Waals surface area contributed by atoms with Gasteiger partial charge < -0.3 is 10.1 Å². The molecule has 0 bridgehead atoms. The standard InChI is InChI=1S/C21H24IN5O3/c1-21(2,3)30-20(29)27-14-15(13-25-27)6-4-9-23-19(28)16-7-8-18(17(22)12-16)26-11-5-10-24-26/h5,7-8,10-14H,4,6,9H2,1-3H3,(H,23,28). The molecule has 2 aromatic heterocycles. The number of aromatic nitrogens is 4. The number of nitrogens with one attached hydrogen (secondary N) is 1. The lowest BCUT2D eigenvalue weighted by atomic mass is 10.1. The van der Waals surface area contributed by atoms with Crippen molar-refractivity contribution in [2.45, 2.75) is 39.2 Å². The molecule has 2 heterocycles. The van der Waals surface area contributed by atoms with E-state index in [1.807, 2.05) is 45.2 Å². The van der Waals surface area contributed by atoms with Gasteiger partial charge in [-0.3, -0.25) is 4.79 Å². The van der Waals surface area contributed by atoms with E-state index in [-0.39, 0.29) is 5.91 Å². The molecule has 8 nitrogen and oxygen atoms in total.